The van der Waals surface area contributed by atoms with Crippen LogP contribution in [-0.2, 0) is 11.3 Å². The van der Waals surface area contributed by atoms with Crippen LogP contribution >= 0.6 is 0 Å². The zero-order valence-electron chi connectivity index (χ0n) is 12.6. The second-order valence-electron chi connectivity index (χ2n) is 4.69. The van der Waals surface area contributed by atoms with E-state index in [1.807, 2.05) is 0 Å². The van der Waals surface area contributed by atoms with Gasteiger partial charge in [-0.1, -0.05) is 5.16 Å². The summed E-state index contributed by atoms with van der Waals surface area (Å²) in [5, 5.41) is 6.57. The number of methoxy groups -OCH3 is 1. The molecule has 0 aliphatic rings. The first-order valence-electron chi connectivity index (χ1n) is 6.83. The van der Waals surface area contributed by atoms with Crippen molar-refractivity contribution in [1.29, 1.82) is 0 Å². The summed E-state index contributed by atoms with van der Waals surface area (Å²) in [5.41, 5.74) is 0.719. The lowest BCUT2D eigenvalue weighted by molar-refractivity contribution is -0.119. The molecule has 1 N–H and O–H groups in total. The second-order valence-corrected chi connectivity index (χ2v) is 4.69. The van der Waals surface area contributed by atoms with E-state index in [1.165, 1.54) is 14.0 Å². The van der Waals surface area contributed by atoms with Gasteiger partial charge < -0.3 is 19.0 Å². The molecular formula is C15H14N4O4. The van der Waals surface area contributed by atoms with Gasteiger partial charge >= 0.3 is 0 Å². The van der Waals surface area contributed by atoms with Crippen molar-refractivity contribution in [1.82, 2.24) is 20.4 Å². The highest BCUT2D eigenvalue weighted by Gasteiger charge is 2.15. The highest BCUT2D eigenvalue weighted by atomic mass is 16.5. The number of carbonyl (C=O) groups is 1. The minimum Gasteiger partial charge on any atom is -0.481 e. The standard InChI is InChI=1S/C15H14N4O4/c1-9(20)17-8-11-3-4-12(22-11)15-18-14(19-23-15)10-5-6-16-13(7-10)21-2/h3-7H,8H2,1-2H3,(H,17,20). The first-order valence-corrected chi connectivity index (χ1v) is 6.83. The minimum absolute atomic E-state index is 0.130. The predicted molar refractivity (Wildman–Crippen MR) is 79.3 cm³/mol. The molecule has 8 heteroatoms. The van der Waals surface area contributed by atoms with Gasteiger partial charge in [0.1, 0.15) is 5.76 Å². The van der Waals surface area contributed by atoms with Crippen LogP contribution in [0.1, 0.15) is 12.7 Å². The fourth-order valence-electron chi connectivity index (χ4n) is 1.90. The van der Waals surface area contributed by atoms with Gasteiger partial charge in [0.05, 0.1) is 13.7 Å². The molecule has 0 aliphatic carbocycles. The Hall–Kier alpha value is -3.16. The van der Waals surface area contributed by atoms with Gasteiger partial charge in [0, 0.05) is 24.8 Å². The van der Waals surface area contributed by atoms with Crippen LogP contribution in [-0.4, -0.2) is 28.1 Å². The fraction of sp³-hybridized carbons (Fsp3) is 0.200. The maximum absolute atomic E-state index is 10.9. The maximum atomic E-state index is 10.9. The molecule has 0 radical (unpaired) electrons. The number of hydrogen-bond donors (Lipinski definition) is 1. The fourth-order valence-corrected chi connectivity index (χ4v) is 1.90. The number of ether oxygens (including phenoxy) is 1. The molecule has 3 heterocycles. The molecule has 0 saturated carbocycles. The highest BCUT2D eigenvalue weighted by molar-refractivity contribution is 5.72. The van der Waals surface area contributed by atoms with Crippen molar-refractivity contribution in [3.8, 4) is 28.9 Å². The summed E-state index contributed by atoms with van der Waals surface area (Å²) >= 11 is 0. The van der Waals surface area contributed by atoms with Crippen LogP contribution in [0.5, 0.6) is 5.88 Å². The average molecular weight is 314 g/mol. The number of nitrogens with one attached hydrogen (secondary N) is 1. The Bertz CT molecular complexity index is 824. The highest BCUT2D eigenvalue weighted by Crippen LogP contribution is 2.25. The molecule has 23 heavy (non-hydrogen) atoms. The Morgan fingerprint density at radius 2 is 2.22 bits per heavy atom. The van der Waals surface area contributed by atoms with Crippen molar-refractivity contribution in [2.45, 2.75) is 13.5 Å². The molecule has 0 spiro atoms. The number of aromatic nitrogens is 3. The van der Waals surface area contributed by atoms with E-state index < -0.39 is 0 Å². The molecule has 0 unspecified atom stereocenters. The summed E-state index contributed by atoms with van der Waals surface area (Å²) in [4.78, 5) is 19.2. The van der Waals surface area contributed by atoms with Crippen molar-refractivity contribution in [3.63, 3.8) is 0 Å². The van der Waals surface area contributed by atoms with E-state index in [0.29, 0.717) is 29.8 Å². The largest absolute Gasteiger partial charge is 0.481 e. The lowest BCUT2D eigenvalue weighted by Gasteiger charge is -1.98. The van der Waals surface area contributed by atoms with Crippen LogP contribution in [0.15, 0.2) is 39.4 Å². The van der Waals surface area contributed by atoms with Crippen LogP contribution in [0.4, 0.5) is 0 Å². The molecule has 0 aromatic carbocycles. The molecule has 3 rings (SSSR count). The third-order valence-electron chi connectivity index (χ3n) is 3.01. The Kier molecular flexibility index (Phi) is 4.05. The van der Waals surface area contributed by atoms with E-state index >= 15 is 0 Å². The van der Waals surface area contributed by atoms with Crippen molar-refractivity contribution >= 4 is 5.91 Å². The zero-order valence-corrected chi connectivity index (χ0v) is 12.6. The summed E-state index contributed by atoms with van der Waals surface area (Å²) < 4.78 is 15.8. The molecule has 1 amide bonds. The van der Waals surface area contributed by atoms with E-state index in [2.05, 4.69) is 20.4 Å². The van der Waals surface area contributed by atoms with Crippen LogP contribution in [0.3, 0.4) is 0 Å². The van der Waals surface area contributed by atoms with Crippen LogP contribution in [0, 0.1) is 0 Å². The molecule has 8 nitrogen and oxygen atoms in total. The van der Waals surface area contributed by atoms with Gasteiger partial charge in [-0.2, -0.15) is 4.98 Å². The van der Waals surface area contributed by atoms with Gasteiger partial charge in [-0.3, -0.25) is 4.79 Å². The van der Waals surface area contributed by atoms with Gasteiger partial charge in [-0.05, 0) is 18.2 Å². The Labute approximate surface area is 131 Å². The van der Waals surface area contributed by atoms with Crippen LogP contribution < -0.4 is 10.1 Å². The molecule has 0 bridgehead atoms. The van der Waals surface area contributed by atoms with E-state index in [-0.39, 0.29) is 11.8 Å². The summed E-state index contributed by atoms with van der Waals surface area (Å²) in [6.45, 7) is 1.75. The molecule has 118 valence electrons. The van der Waals surface area contributed by atoms with E-state index in [0.717, 1.165) is 5.56 Å². The normalized spacial score (nSPS) is 10.5. The molecular weight excluding hydrogens is 300 g/mol. The van der Waals surface area contributed by atoms with Gasteiger partial charge in [0.2, 0.25) is 17.6 Å². The summed E-state index contributed by atoms with van der Waals surface area (Å²) in [6.07, 6.45) is 1.60. The van der Waals surface area contributed by atoms with Crippen molar-refractivity contribution in [2.24, 2.45) is 0 Å². The average Bonchev–Trinajstić information content (AvgIpc) is 3.22. The third kappa shape index (κ3) is 3.37. The Morgan fingerprint density at radius 1 is 1.35 bits per heavy atom. The first kappa shape index (κ1) is 14.8. The summed E-state index contributed by atoms with van der Waals surface area (Å²) in [5.74, 6) is 2.02. The number of amides is 1. The number of hydrogen-bond acceptors (Lipinski definition) is 7. The van der Waals surface area contributed by atoms with Gasteiger partial charge in [-0.25, -0.2) is 4.98 Å². The molecule has 0 aliphatic heterocycles. The van der Waals surface area contributed by atoms with Crippen molar-refractivity contribution in [3.05, 3.63) is 36.2 Å². The number of pyridine rings is 1. The summed E-state index contributed by atoms with van der Waals surface area (Å²) in [6, 6.07) is 6.91. The van der Waals surface area contributed by atoms with Gasteiger partial charge in [0.15, 0.2) is 5.76 Å². The Balaban J connectivity index is 1.80. The minimum atomic E-state index is -0.130. The molecule has 0 atom stereocenters. The summed E-state index contributed by atoms with van der Waals surface area (Å²) in [7, 11) is 1.53. The second kappa shape index (κ2) is 6.30. The maximum Gasteiger partial charge on any atom is 0.293 e. The third-order valence-corrected chi connectivity index (χ3v) is 3.01. The van der Waals surface area contributed by atoms with Crippen LogP contribution in [0.25, 0.3) is 23.0 Å². The first-order chi connectivity index (χ1) is 11.2. The van der Waals surface area contributed by atoms with E-state index in [4.69, 9.17) is 13.7 Å². The number of rotatable bonds is 5. The molecule has 0 fully saturated rings. The van der Waals surface area contributed by atoms with Crippen molar-refractivity contribution in [2.75, 3.05) is 7.11 Å². The lowest BCUT2D eigenvalue weighted by Crippen LogP contribution is -2.18. The SMILES string of the molecule is COc1cc(-c2noc(-c3ccc(CNC(C)=O)o3)n2)ccn1. The number of carbonyl (C=O) groups excluding carboxylic acids is 1. The van der Waals surface area contributed by atoms with Crippen LogP contribution in [0.2, 0.25) is 0 Å². The topological polar surface area (TPSA) is 103 Å². The zero-order chi connectivity index (χ0) is 16.2. The van der Waals surface area contributed by atoms with Gasteiger partial charge in [0.25, 0.3) is 5.89 Å². The Morgan fingerprint density at radius 3 is 3.00 bits per heavy atom. The monoisotopic (exact) mass is 314 g/mol. The molecule has 3 aromatic rings. The van der Waals surface area contributed by atoms with Crippen molar-refractivity contribution < 1.29 is 18.5 Å². The predicted octanol–water partition coefficient (Wildman–Crippen LogP) is 2.04. The van der Waals surface area contributed by atoms with Gasteiger partial charge in [-0.15, -0.1) is 0 Å². The smallest absolute Gasteiger partial charge is 0.293 e. The lowest BCUT2D eigenvalue weighted by atomic mass is 10.2. The quantitative estimate of drug-likeness (QED) is 0.768. The number of furan rings is 1. The number of nitrogens with zero attached hydrogens (tertiary/aromatic N) is 3. The van der Waals surface area contributed by atoms with E-state index in [9.17, 15) is 4.79 Å². The van der Waals surface area contributed by atoms with E-state index in [1.54, 1.807) is 30.5 Å². The molecule has 0 saturated heterocycles. The molecule has 3 aromatic heterocycles.